The minimum absolute atomic E-state index is 0. The highest BCUT2D eigenvalue weighted by atomic mass is 35.5. The highest BCUT2D eigenvalue weighted by molar-refractivity contribution is 5.86. The van der Waals surface area contributed by atoms with Crippen molar-refractivity contribution in [1.29, 1.82) is 0 Å². The molecule has 5 heteroatoms. The van der Waals surface area contributed by atoms with Crippen molar-refractivity contribution in [2.45, 2.75) is 51.0 Å². The zero-order valence-electron chi connectivity index (χ0n) is 12.8. The van der Waals surface area contributed by atoms with E-state index in [-0.39, 0.29) is 18.3 Å². The first-order chi connectivity index (χ1) is 9.22. The van der Waals surface area contributed by atoms with Gasteiger partial charge in [0.1, 0.15) is 5.60 Å². The Balaban J connectivity index is 0.00000200. The van der Waals surface area contributed by atoms with Gasteiger partial charge >= 0.3 is 0 Å². The lowest BCUT2D eigenvalue weighted by molar-refractivity contribution is -0.160. The van der Waals surface area contributed by atoms with Gasteiger partial charge in [-0.25, -0.2) is 0 Å². The van der Waals surface area contributed by atoms with Gasteiger partial charge in [0, 0.05) is 20.2 Å². The van der Waals surface area contributed by atoms with Gasteiger partial charge in [-0.15, -0.1) is 12.4 Å². The number of rotatable bonds is 4. The molecule has 2 heterocycles. The van der Waals surface area contributed by atoms with Crippen molar-refractivity contribution in [3.8, 4) is 0 Å². The fourth-order valence-corrected chi connectivity index (χ4v) is 3.52. The average Bonchev–Trinajstić information content (AvgIpc) is 2.48. The second-order valence-electron chi connectivity index (χ2n) is 6.00. The van der Waals surface area contributed by atoms with Crippen molar-refractivity contribution < 1.29 is 9.53 Å². The van der Waals surface area contributed by atoms with Crippen LogP contribution >= 0.6 is 12.4 Å². The molecule has 1 amide bonds. The molecule has 118 valence electrons. The summed E-state index contributed by atoms with van der Waals surface area (Å²) in [4.78, 5) is 14.9. The predicted octanol–water partition coefficient (Wildman–Crippen LogP) is 2.22. The van der Waals surface area contributed by atoms with Gasteiger partial charge in [-0.3, -0.25) is 4.79 Å². The van der Waals surface area contributed by atoms with Crippen molar-refractivity contribution in [3.05, 3.63) is 0 Å². The molecule has 2 aliphatic heterocycles. The molecule has 0 spiro atoms. The van der Waals surface area contributed by atoms with Crippen LogP contribution in [0.3, 0.4) is 0 Å². The third-order valence-corrected chi connectivity index (χ3v) is 4.69. The van der Waals surface area contributed by atoms with E-state index in [1.54, 1.807) is 7.11 Å². The molecule has 2 fully saturated rings. The number of hydrogen-bond donors (Lipinski definition) is 1. The lowest BCUT2D eigenvalue weighted by Gasteiger charge is -2.41. The Hall–Kier alpha value is -0.320. The first kappa shape index (κ1) is 17.7. The van der Waals surface area contributed by atoms with Gasteiger partial charge in [0.2, 0.25) is 0 Å². The summed E-state index contributed by atoms with van der Waals surface area (Å²) >= 11 is 0. The van der Waals surface area contributed by atoms with E-state index >= 15 is 0 Å². The van der Waals surface area contributed by atoms with E-state index in [4.69, 9.17) is 4.74 Å². The van der Waals surface area contributed by atoms with E-state index in [1.165, 1.54) is 19.3 Å². The lowest BCUT2D eigenvalue weighted by Crippen LogP contribution is -2.57. The van der Waals surface area contributed by atoms with Crippen molar-refractivity contribution in [3.63, 3.8) is 0 Å². The van der Waals surface area contributed by atoms with Gasteiger partial charge in [-0.2, -0.15) is 0 Å². The second-order valence-corrected chi connectivity index (χ2v) is 6.00. The predicted molar refractivity (Wildman–Crippen MR) is 83.3 cm³/mol. The molecule has 1 atom stereocenters. The highest BCUT2D eigenvalue weighted by Crippen LogP contribution is 2.29. The SMILES string of the molecule is CCCC1CCCN(C(=O)C2(OC)CCNCC2)C1.Cl. The molecule has 0 radical (unpaired) electrons. The summed E-state index contributed by atoms with van der Waals surface area (Å²) in [7, 11) is 1.69. The van der Waals surface area contributed by atoms with Crippen LogP contribution in [0.5, 0.6) is 0 Å². The number of piperidine rings is 2. The lowest BCUT2D eigenvalue weighted by atomic mass is 9.87. The van der Waals surface area contributed by atoms with Crippen LogP contribution < -0.4 is 5.32 Å². The molecule has 0 aromatic heterocycles. The van der Waals surface area contributed by atoms with Gasteiger partial charge in [-0.05, 0) is 51.1 Å². The zero-order chi connectivity index (χ0) is 13.7. The Morgan fingerprint density at radius 1 is 1.40 bits per heavy atom. The Labute approximate surface area is 129 Å². The molecule has 20 heavy (non-hydrogen) atoms. The Kier molecular flexibility index (Phi) is 7.27. The van der Waals surface area contributed by atoms with Crippen LogP contribution in [0.25, 0.3) is 0 Å². The summed E-state index contributed by atoms with van der Waals surface area (Å²) in [6.45, 7) is 5.84. The molecule has 1 N–H and O–H groups in total. The minimum Gasteiger partial charge on any atom is -0.368 e. The van der Waals surface area contributed by atoms with Crippen LogP contribution in [-0.2, 0) is 9.53 Å². The largest absolute Gasteiger partial charge is 0.368 e. The van der Waals surface area contributed by atoms with Crippen LogP contribution in [-0.4, -0.2) is 49.7 Å². The van der Waals surface area contributed by atoms with E-state index < -0.39 is 5.60 Å². The number of carbonyl (C=O) groups excluding carboxylic acids is 1. The van der Waals surface area contributed by atoms with E-state index in [0.29, 0.717) is 5.92 Å². The molecule has 2 saturated heterocycles. The summed E-state index contributed by atoms with van der Waals surface area (Å²) in [5, 5.41) is 3.31. The number of ether oxygens (including phenoxy) is 1. The van der Waals surface area contributed by atoms with Gasteiger partial charge in [0.25, 0.3) is 5.91 Å². The standard InChI is InChI=1S/C15H28N2O2.ClH/c1-3-5-13-6-4-11-17(12-13)14(18)15(19-2)7-9-16-10-8-15;/h13,16H,3-12H2,1-2H3;1H. The van der Waals surface area contributed by atoms with Crippen LogP contribution in [0, 0.1) is 5.92 Å². The van der Waals surface area contributed by atoms with Crippen molar-refractivity contribution in [2.75, 3.05) is 33.3 Å². The smallest absolute Gasteiger partial charge is 0.254 e. The summed E-state index contributed by atoms with van der Waals surface area (Å²) in [5.41, 5.74) is -0.556. The number of likely N-dealkylation sites (tertiary alicyclic amines) is 1. The molecule has 0 aliphatic carbocycles. The number of nitrogens with zero attached hydrogens (tertiary/aromatic N) is 1. The summed E-state index contributed by atoms with van der Waals surface area (Å²) in [5.74, 6) is 0.927. The Morgan fingerprint density at radius 3 is 2.70 bits per heavy atom. The number of amides is 1. The molecular weight excluding hydrogens is 276 g/mol. The van der Waals surface area contributed by atoms with Crippen LogP contribution in [0.2, 0.25) is 0 Å². The molecule has 0 saturated carbocycles. The van der Waals surface area contributed by atoms with Gasteiger partial charge in [-0.1, -0.05) is 13.3 Å². The normalized spacial score (nSPS) is 25.9. The maximum atomic E-state index is 12.8. The van der Waals surface area contributed by atoms with Crippen molar-refractivity contribution in [1.82, 2.24) is 10.2 Å². The number of carbonyl (C=O) groups is 1. The molecule has 0 aromatic carbocycles. The first-order valence-corrected chi connectivity index (χ1v) is 7.77. The molecule has 2 aliphatic rings. The molecule has 1 unspecified atom stereocenters. The van der Waals surface area contributed by atoms with Gasteiger partial charge < -0.3 is 15.0 Å². The summed E-state index contributed by atoms with van der Waals surface area (Å²) in [6, 6.07) is 0. The number of methoxy groups -OCH3 is 1. The highest BCUT2D eigenvalue weighted by Gasteiger charge is 2.43. The molecule has 0 aromatic rings. The average molecular weight is 305 g/mol. The number of nitrogens with one attached hydrogen (secondary N) is 1. The Bertz CT molecular complexity index is 304. The third kappa shape index (κ3) is 3.86. The minimum atomic E-state index is -0.556. The van der Waals surface area contributed by atoms with E-state index in [2.05, 4.69) is 17.1 Å². The fourth-order valence-electron chi connectivity index (χ4n) is 3.52. The second kappa shape index (κ2) is 8.20. The van der Waals surface area contributed by atoms with E-state index in [1.807, 2.05) is 0 Å². The van der Waals surface area contributed by atoms with Crippen molar-refractivity contribution >= 4 is 18.3 Å². The van der Waals surface area contributed by atoms with Crippen LogP contribution in [0.4, 0.5) is 0 Å². The molecular formula is C15H29ClN2O2. The van der Waals surface area contributed by atoms with Crippen LogP contribution in [0.15, 0.2) is 0 Å². The maximum Gasteiger partial charge on any atom is 0.254 e. The summed E-state index contributed by atoms with van der Waals surface area (Å²) in [6.07, 6.45) is 6.49. The molecule has 0 bridgehead atoms. The first-order valence-electron chi connectivity index (χ1n) is 7.77. The quantitative estimate of drug-likeness (QED) is 0.866. The monoisotopic (exact) mass is 304 g/mol. The summed E-state index contributed by atoms with van der Waals surface area (Å²) < 4.78 is 5.66. The van der Waals surface area contributed by atoms with Crippen LogP contribution in [0.1, 0.15) is 45.4 Å². The fraction of sp³-hybridized carbons (Fsp3) is 0.933. The molecule has 4 nitrogen and oxygen atoms in total. The molecule has 2 rings (SSSR count). The zero-order valence-corrected chi connectivity index (χ0v) is 13.6. The van der Waals surface area contributed by atoms with Gasteiger partial charge in [0.15, 0.2) is 0 Å². The van der Waals surface area contributed by atoms with Gasteiger partial charge in [0.05, 0.1) is 0 Å². The number of hydrogen-bond acceptors (Lipinski definition) is 3. The van der Waals surface area contributed by atoms with Crippen molar-refractivity contribution in [2.24, 2.45) is 5.92 Å². The Morgan fingerprint density at radius 2 is 2.10 bits per heavy atom. The third-order valence-electron chi connectivity index (χ3n) is 4.69. The number of halogens is 1. The van der Waals surface area contributed by atoms with E-state index in [0.717, 1.165) is 45.4 Å². The maximum absolute atomic E-state index is 12.8. The van der Waals surface area contributed by atoms with E-state index in [9.17, 15) is 4.79 Å². The topological polar surface area (TPSA) is 41.6 Å².